The van der Waals surface area contributed by atoms with Gasteiger partial charge in [-0.05, 0) is 37.5 Å². The molecule has 2 fully saturated rings. The molecule has 2 aliphatic heterocycles. The van der Waals surface area contributed by atoms with Gasteiger partial charge in [-0.2, -0.15) is 0 Å². The van der Waals surface area contributed by atoms with Gasteiger partial charge in [-0.15, -0.1) is 0 Å². The average molecular weight is 380 g/mol. The fourth-order valence-corrected chi connectivity index (χ4v) is 4.05. The highest BCUT2D eigenvalue weighted by Gasteiger charge is 2.39. The lowest BCUT2D eigenvalue weighted by molar-refractivity contribution is -0.142. The maximum absolute atomic E-state index is 13.0. The van der Waals surface area contributed by atoms with Crippen molar-refractivity contribution in [2.24, 2.45) is 17.6 Å². The molecular formula is C19H32N4O4. The monoisotopic (exact) mass is 380 g/mol. The first kappa shape index (κ1) is 21.2. The average Bonchev–Trinajstić information content (AvgIpc) is 3.10. The van der Waals surface area contributed by atoms with E-state index in [9.17, 15) is 19.2 Å². The van der Waals surface area contributed by atoms with Gasteiger partial charge in [-0.3, -0.25) is 19.2 Å². The van der Waals surface area contributed by atoms with Crippen molar-refractivity contribution in [1.29, 1.82) is 0 Å². The lowest BCUT2D eigenvalue weighted by Gasteiger charge is -2.33. The van der Waals surface area contributed by atoms with Gasteiger partial charge in [0.2, 0.25) is 23.6 Å². The molecule has 4 amide bonds. The van der Waals surface area contributed by atoms with Crippen LogP contribution in [0.25, 0.3) is 0 Å². The van der Waals surface area contributed by atoms with E-state index in [0.717, 1.165) is 12.8 Å². The highest BCUT2D eigenvalue weighted by atomic mass is 16.2. The van der Waals surface area contributed by atoms with Crippen LogP contribution in [0.5, 0.6) is 0 Å². The summed E-state index contributed by atoms with van der Waals surface area (Å²) in [4.78, 5) is 50.8. The Labute approximate surface area is 160 Å². The molecule has 0 spiro atoms. The Morgan fingerprint density at radius 3 is 2.59 bits per heavy atom. The number of likely N-dealkylation sites (tertiary alicyclic amines) is 1. The van der Waals surface area contributed by atoms with Crippen LogP contribution in [0.4, 0.5) is 0 Å². The summed E-state index contributed by atoms with van der Waals surface area (Å²) >= 11 is 0. The second kappa shape index (κ2) is 9.19. The fourth-order valence-electron chi connectivity index (χ4n) is 4.05. The van der Waals surface area contributed by atoms with Gasteiger partial charge in [0.15, 0.2) is 0 Å². The van der Waals surface area contributed by atoms with Crippen molar-refractivity contribution >= 4 is 23.6 Å². The lowest BCUT2D eigenvalue weighted by atomic mass is 9.87. The van der Waals surface area contributed by atoms with Crippen molar-refractivity contribution in [2.45, 2.75) is 77.4 Å². The third-order valence-corrected chi connectivity index (χ3v) is 5.52. The number of piperidine rings is 1. The number of amides is 4. The van der Waals surface area contributed by atoms with Crippen molar-refractivity contribution in [3.05, 3.63) is 0 Å². The highest BCUT2D eigenvalue weighted by Crippen LogP contribution is 2.23. The largest absolute Gasteiger partial charge is 0.368 e. The molecule has 2 heterocycles. The summed E-state index contributed by atoms with van der Waals surface area (Å²) in [6, 6.07) is -1.96. The van der Waals surface area contributed by atoms with E-state index in [4.69, 9.17) is 5.73 Å². The number of rotatable bonds is 7. The molecule has 0 aliphatic carbocycles. The van der Waals surface area contributed by atoms with Crippen molar-refractivity contribution < 1.29 is 19.2 Å². The fraction of sp³-hybridized carbons (Fsp3) is 0.789. The summed E-state index contributed by atoms with van der Waals surface area (Å²) in [5, 5.41) is 5.60. The number of nitrogens with zero attached hydrogens (tertiary/aromatic N) is 1. The Morgan fingerprint density at radius 1 is 1.30 bits per heavy atom. The molecule has 4 atom stereocenters. The zero-order valence-electron chi connectivity index (χ0n) is 16.5. The van der Waals surface area contributed by atoms with Gasteiger partial charge < -0.3 is 21.3 Å². The Morgan fingerprint density at radius 2 is 2.00 bits per heavy atom. The number of carbonyl (C=O) groups excluding carboxylic acids is 4. The summed E-state index contributed by atoms with van der Waals surface area (Å²) in [7, 11) is 0. The molecule has 0 aromatic rings. The molecule has 2 saturated heterocycles. The summed E-state index contributed by atoms with van der Waals surface area (Å²) in [5.41, 5.74) is 5.43. The van der Waals surface area contributed by atoms with E-state index in [1.54, 1.807) is 0 Å². The van der Waals surface area contributed by atoms with Crippen molar-refractivity contribution in [3.8, 4) is 0 Å². The zero-order chi connectivity index (χ0) is 20.1. The minimum absolute atomic E-state index is 0.0580. The van der Waals surface area contributed by atoms with Crippen LogP contribution in [-0.4, -0.2) is 53.2 Å². The first-order valence-corrected chi connectivity index (χ1v) is 9.94. The third kappa shape index (κ3) is 5.20. The van der Waals surface area contributed by atoms with Crippen molar-refractivity contribution in [2.75, 3.05) is 6.54 Å². The number of hydrogen-bond donors (Lipinski definition) is 3. The van der Waals surface area contributed by atoms with Crippen LogP contribution in [0, 0.1) is 11.8 Å². The highest BCUT2D eigenvalue weighted by molar-refractivity contribution is 5.94. The first-order chi connectivity index (χ1) is 12.7. The van der Waals surface area contributed by atoms with Gasteiger partial charge in [0.25, 0.3) is 0 Å². The van der Waals surface area contributed by atoms with E-state index in [-0.39, 0.29) is 29.6 Å². The standard InChI is InChI=1S/C19H32N4O4/c1-4-12-7-8-15(24)22-16(12)18(26)21-13(10-11(2)3)19(27)23-9-5-6-14(23)17(20)25/h11-14,16H,4-10H2,1-3H3,(H2,20,25)(H,21,26)(H,22,24)/t12?,13-,14-,16?/m0/s1. The molecule has 8 heteroatoms. The third-order valence-electron chi connectivity index (χ3n) is 5.52. The number of carbonyl (C=O) groups is 4. The molecule has 152 valence electrons. The molecule has 2 rings (SSSR count). The number of nitrogens with two attached hydrogens (primary N) is 1. The minimum atomic E-state index is -0.728. The summed E-state index contributed by atoms with van der Waals surface area (Å²) in [6.45, 7) is 6.40. The quantitative estimate of drug-likeness (QED) is 0.588. The van der Waals surface area contributed by atoms with Crippen LogP contribution >= 0.6 is 0 Å². The zero-order valence-corrected chi connectivity index (χ0v) is 16.5. The predicted octanol–water partition coefficient (Wildman–Crippen LogP) is 0.298. The van der Waals surface area contributed by atoms with Crippen LogP contribution in [-0.2, 0) is 19.2 Å². The minimum Gasteiger partial charge on any atom is -0.368 e. The predicted molar refractivity (Wildman–Crippen MR) is 100 cm³/mol. The van der Waals surface area contributed by atoms with Gasteiger partial charge in [0, 0.05) is 13.0 Å². The molecule has 2 unspecified atom stereocenters. The van der Waals surface area contributed by atoms with Crippen LogP contribution in [0.3, 0.4) is 0 Å². The van der Waals surface area contributed by atoms with Crippen molar-refractivity contribution in [1.82, 2.24) is 15.5 Å². The summed E-state index contributed by atoms with van der Waals surface area (Å²) in [6.07, 6.45) is 3.60. The van der Waals surface area contributed by atoms with Crippen LogP contribution in [0.1, 0.15) is 59.3 Å². The molecule has 0 aromatic heterocycles. The lowest BCUT2D eigenvalue weighted by Crippen LogP contribution is -2.59. The smallest absolute Gasteiger partial charge is 0.245 e. The second-order valence-electron chi connectivity index (χ2n) is 8.03. The van der Waals surface area contributed by atoms with Gasteiger partial charge in [0.05, 0.1) is 0 Å². The maximum atomic E-state index is 13.0. The van der Waals surface area contributed by atoms with E-state index in [1.807, 2.05) is 20.8 Å². The van der Waals surface area contributed by atoms with Gasteiger partial charge >= 0.3 is 0 Å². The van der Waals surface area contributed by atoms with E-state index < -0.39 is 24.0 Å². The number of hydrogen-bond acceptors (Lipinski definition) is 4. The SMILES string of the molecule is CCC1CCC(=O)NC1C(=O)N[C@@H](CC(C)C)C(=O)N1CCC[C@H]1C(N)=O. The molecule has 4 N–H and O–H groups in total. The number of nitrogens with one attached hydrogen (secondary N) is 2. The van der Waals surface area contributed by atoms with E-state index in [2.05, 4.69) is 10.6 Å². The molecule has 27 heavy (non-hydrogen) atoms. The Bertz CT molecular complexity index is 592. The molecule has 0 bridgehead atoms. The first-order valence-electron chi connectivity index (χ1n) is 9.94. The molecule has 0 aromatic carbocycles. The Hall–Kier alpha value is -2.12. The van der Waals surface area contributed by atoms with Crippen molar-refractivity contribution in [3.63, 3.8) is 0 Å². The van der Waals surface area contributed by atoms with Gasteiger partial charge in [-0.1, -0.05) is 27.2 Å². The van der Waals surface area contributed by atoms with Gasteiger partial charge in [-0.25, -0.2) is 0 Å². The molecule has 0 radical (unpaired) electrons. The van der Waals surface area contributed by atoms with Gasteiger partial charge in [0.1, 0.15) is 18.1 Å². The van der Waals surface area contributed by atoms with Crippen LogP contribution < -0.4 is 16.4 Å². The van der Waals surface area contributed by atoms with E-state index >= 15 is 0 Å². The second-order valence-corrected chi connectivity index (χ2v) is 8.03. The molecule has 2 aliphatic rings. The molecule has 8 nitrogen and oxygen atoms in total. The normalized spacial score (nSPS) is 26.6. The Kier molecular flexibility index (Phi) is 7.21. The summed E-state index contributed by atoms with van der Waals surface area (Å²) in [5.74, 6) is -1.02. The topological polar surface area (TPSA) is 122 Å². The van der Waals surface area contributed by atoms with E-state index in [1.165, 1.54) is 4.90 Å². The van der Waals surface area contributed by atoms with Crippen LogP contribution in [0.2, 0.25) is 0 Å². The van der Waals surface area contributed by atoms with Crippen LogP contribution in [0.15, 0.2) is 0 Å². The number of primary amides is 1. The summed E-state index contributed by atoms with van der Waals surface area (Å²) < 4.78 is 0. The Balaban J connectivity index is 2.13. The van der Waals surface area contributed by atoms with E-state index in [0.29, 0.717) is 32.2 Å². The maximum Gasteiger partial charge on any atom is 0.245 e. The molecule has 0 saturated carbocycles. The molecular weight excluding hydrogens is 348 g/mol.